The Bertz CT molecular complexity index is 217. The first kappa shape index (κ1) is 24.2. The Morgan fingerprint density at radius 1 is 0.800 bits per heavy atom. The standard InChI is InChI=1S/C6H14O2.Cr.2H3N.2H2O.2O/c1-5(2,7)6(3,4)8;;;;;;;/h7-8H,1-4H3;;2*1H3;2*1H2;;/q;+2;;;;;;/p-2. The van der Waals surface area contributed by atoms with Crippen molar-refractivity contribution in [2.75, 3.05) is 0 Å². The zero-order valence-corrected chi connectivity index (χ0v) is 10.7. The van der Waals surface area contributed by atoms with Gasteiger partial charge in [-0.1, -0.05) is 0 Å². The number of aliphatic hydroxyl groups is 2. The SMILES string of the molecule is CC(C)(O)C(C)(C)O.N.N.[O]=[Cr](=[O])([OH])[OH]. The van der Waals surface area contributed by atoms with Crippen LogP contribution in [0.25, 0.3) is 0 Å². The molecule has 0 bridgehead atoms. The summed E-state index contributed by atoms with van der Waals surface area (Å²) >= 11 is -5.25. The molecule has 0 aliphatic heterocycles. The molecule has 0 saturated heterocycles. The first-order valence-electron chi connectivity index (χ1n) is 3.40. The summed E-state index contributed by atoms with van der Waals surface area (Å²) in [6.45, 7) is 6.31. The van der Waals surface area contributed by atoms with Gasteiger partial charge in [-0.05, 0) is 27.7 Å². The first-order valence-corrected chi connectivity index (χ1v) is 5.58. The molecule has 0 spiro atoms. The third-order valence-electron chi connectivity index (χ3n) is 1.50. The minimum absolute atomic E-state index is 0. The zero-order chi connectivity index (χ0) is 11.5. The van der Waals surface area contributed by atoms with Crippen LogP contribution in [0.5, 0.6) is 0 Å². The fourth-order valence-corrected chi connectivity index (χ4v) is 0. The van der Waals surface area contributed by atoms with E-state index in [0.29, 0.717) is 0 Å². The summed E-state index contributed by atoms with van der Waals surface area (Å²) in [5.41, 5.74) is -2.01. The van der Waals surface area contributed by atoms with E-state index in [1.165, 1.54) is 0 Å². The van der Waals surface area contributed by atoms with Gasteiger partial charge in [-0.25, -0.2) is 0 Å². The molecule has 8 nitrogen and oxygen atoms in total. The predicted octanol–water partition coefficient (Wildman–Crippen LogP) is -0.502. The van der Waals surface area contributed by atoms with E-state index in [-0.39, 0.29) is 12.3 Å². The molecule has 0 heterocycles. The monoisotopic (exact) mass is 270 g/mol. The molecule has 0 amide bonds. The van der Waals surface area contributed by atoms with Gasteiger partial charge >= 0.3 is 29.5 Å². The second-order valence-corrected chi connectivity index (χ2v) is 4.96. The van der Waals surface area contributed by atoms with E-state index in [2.05, 4.69) is 0 Å². The van der Waals surface area contributed by atoms with Crippen molar-refractivity contribution in [1.29, 1.82) is 0 Å². The predicted molar refractivity (Wildman–Crippen MR) is 48.5 cm³/mol. The second-order valence-electron chi connectivity index (χ2n) is 3.57. The van der Waals surface area contributed by atoms with Gasteiger partial charge in [0, 0.05) is 0 Å². The second kappa shape index (κ2) is 7.21. The summed E-state index contributed by atoms with van der Waals surface area (Å²) in [7, 11) is 0. The van der Waals surface area contributed by atoms with Crippen molar-refractivity contribution in [1.82, 2.24) is 12.3 Å². The van der Waals surface area contributed by atoms with E-state index in [1.54, 1.807) is 27.7 Å². The van der Waals surface area contributed by atoms with Crippen LogP contribution in [0.1, 0.15) is 27.7 Å². The van der Waals surface area contributed by atoms with E-state index in [4.69, 9.17) is 26.1 Å². The third-order valence-corrected chi connectivity index (χ3v) is 1.50. The van der Waals surface area contributed by atoms with Crippen LogP contribution in [0.4, 0.5) is 0 Å². The Kier molecular flexibility index (Phi) is 11.6. The van der Waals surface area contributed by atoms with Crippen molar-refractivity contribution < 1.29 is 39.7 Å². The molecule has 15 heavy (non-hydrogen) atoms. The van der Waals surface area contributed by atoms with Crippen LogP contribution in [-0.2, 0) is 21.2 Å². The minimum atomic E-state index is -5.25. The van der Waals surface area contributed by atoms with Crippen molar-refractivity contribution in [3.63, 3.8) is 0 Å². The van der Waals surface area contributed by atoms with E-state index >= 15 is 0 Å². The maximum absolute atomic E-state index is 9.10. The third kappa shape index (κ3) is 24.8. The number of hydrogen-bond donors (Lipinski definition) is 6. The van der Waals surface area contributed by atoms with Gasteiger partial charge in [-0.3, -0.25) is 0 Å². The van der Waals surface area contributed by atoms with Gasteiger partial charge in [0.25, 0.3) is 0 Å². The Labute approximate surface area is 91.5 Å². The topological polar surface area (TPSA) is 185 Å². The van der Waals surface area contributed by atoms with Gasteiger partial charge < -0.3 is 22.5 Å². The quantitative estimate of drug-likeness (QED) is 0.368. The van der Waals surface area contributed by atoms with Crippen LogP contribution < -0.4 is 12.3 Å². The Morgan fingerprint density at radius 3 is 0.867 bits per heavy atom. The molecule has 0 radical (unpaired) electrons. The first-order chi connectivity index (χ1) is 5.25. The molecule has 0 aromatic rings. The Morgan fingerprint density at radius 2 is 0.867 bits per heavy atom. The molecular formula is C6H22CrN2O6. The Hall–Kier alpha value is -0.108. The van der Waals surface area contributed by atoms with Crippen LogP contribution in [0.15, 0.2) is 0 Å². The van der Waals surface area contributed by atoms with E-state index in [9.17, 15) is 0 Å². The van der Waals surface area contributed by atoms with Gasteiger partial charge in [-0.2, -0.15) is 0 Å². The summed E-state index contributed by atoms with van der Waals surface area (Å²) in [5, 5.41) is 18.2. The van der Waals surface area contributed by atoms with Crippen LogP contribution in [0.2, 0.25) is 0 Å². The normalized spacial score (nSPS) is 11.5. The molecular weight excluding hydrogens is 248 g/mol. The van der Waals surface area contributed by atoms with Crippen molar-refractivity contribution in [2.24, 2.45) is 0 Å². The van der Waals surface area contributed by atoms with Crippen LogP contribution in [0.3, 0.4) is 0 Å². The van der Waals surface area contributed by atoms with E-state index < -0.39 is 24.8 Å². The summed E-state index contributed by atoms with van der Waals surface area (Å²) in [4.78, 5) is 0. The molecule has 0 aromatic carbocycles. The van der Waals surface area contributed by atoms with Gasteiger partial charge in [0.05, 0.1) is 11.2 Å². The van der Waals surface area contributed by atoms with Crippen molar-refractivity contribution in [3.8, 4) is 0 Å². The van der Waals surface area contributed by atoms with E-state index in [1.807, 2.05) is 0 Å². The van der Waals surface area contributed by atoms with Gasteiger partial charge in [-0.15, -0.1) is 0 Å². The molecule has 0 saturated carbocycles. The van der Waals surface area contributed by atoms with Crippen molar-refractivity contribution in [2.45, 2.75) is 38.9 Å². The number of rotatable bonds is 1. The summed E-state index contributed by atoms with van der Waals surface area (Å²) in [6, 6.07) is 0. The van der Waals surface area contributed by atoms with Crippen LogP contribution >= 0.6 is 0 Å². The fourth-order valence-electron chi connectivity index (χ4n) is 0. The molecule has 0 atom stereocenters. The Balaban J connectivity index is -0.0000000770. The van der Waals surface area contributed by atoms with Gasteiger partial charge in [0.15, 0.2) is 0 Å². The van der Waals surface area contributed by atoms with Crippen LogP contribution in [-0.4, -0.2) is 29.7 Å². The van der Waals surface area contributed by atoms with E-state index in [0.717, 1.165) is 0 Å². The van der Waals surface area contributed by atoms with Crippen LogP contribution in [0, 0.1) is 0 Å². The summed E-state index contributed by atoms with van der Waals surface area (Å²) in [6.07, 6.45) is 0. The molecule has 0 fully saturated rings. The van der Waals surface area contributed by atoms with Gasteiger partial charge in [0.1, 0.15) is 0 Å². The molecule has 9 heteroatoms. The van der Waals surface area contributed by atoms with Crippen molar-refractivity contribution in [3.05, 3.63) is 0 Å². The molecule has 0 unspecified atom stereocenters. The van der Waals surface area contributed by atoms with Gasteiger partial charge in [0.2, 0.25) is 0 Å². The summed E-state index contributed by atoms with van der Waals surface area (Å²) < 4.78 is 31.9. The molecule has 0 aliphatic carbocycles. The molecule has 0 rings (SSSR count). The molecule has 98 valence electrons. The van der Waals surface area contributed by atoms with Crippen molar-refractivity contribution >= 4 is 0 Å². The average Bonchev–Trinajstić information content (AvgIpc) is 1.50. The zero-order valence-electron chi connectivity index (χ0n) is 9.43. The maximum atomic E-state index is 9.10. The summed E-state index contributed by atoms with van der Waals surface area (Å²) in [5.74, 6) is 0. The molecule has 0 aliphatic rings. The number of hydrogen-bond acceptors (Lipinski definition) is 6. The average molecular weight is 270 g/mol. The molecule has 10 N–H and O–H groups in total. The molecule has 0 aromatic heterocycles. The fraction of sp³-hybridized carbons (Fsp3) is 1.00.